The standard InChI is InChI=1S/C18H16ClN3O2/c1-22-17(18(23)20-14-8-6-13(19)7-9-14)11-16(21-22)12-4-3-5-15(10-12)24-2/h3-11H,1-2H3,(H,20,23). The van der Waals surface area contributed by atoms with Gasteiger partial charge in [-0.2, -0.15) is 5.10 Å². The van der Waals surface area contributed by atoms with Gasteiger partial charge in [-0.15, -0.1) is 0 Å². The lowest BCUT2D eigenvalue weighted by Crippen LogP contribution is -2.15. The molecule has 2 aromatic carbocycles. The number of amides is 1. The summed E-state index contributed by atoms with van der Waals surface area (Å²) in [6.45, 7) is 0. The average Bonchev–Trinajstić information content (AvgIpc) is 2.99. The molecule has 1 heterocycles. The molecular formula is C18H16ClN3O2. The number of benzene rings is 2. The van der Waals surface area contributed by atoms with Crippen LogP contribution in [0, 0.1) is 0 Å². The predicted octanol–water partition coefficient (Wildman–Crippen LogP) is 4.00. The third kappa shape index (κ3) is 3.41. The molecule has 3 aromatic rings. The molecule has 0 spiro atoms. The van der Waals surface area contributed by atoms with E-state index >= 15 is 0 Å². The highest BCUT2D eigenvalue weighted by atomic mass is 35.5. The Bertz CT molecular complexity index is 872. The number of ether oxygens (including phenoxy) is 1. The molecule has 1 aromatic heterocycles. The van der Waals surface area contributed by atoms with Crippen LogP contribution < -0.4 is 10.1 Å². The first-order chi connectivity index (χ1) is 11.6. The van der Waals surface area contributed by atoms with Crippen molar-refractivity contribution in [2.24, 2.45) is 7.05 Å². The minimum Gasteiger partial charge on any atom is -0.497 e. The predicted molar refractivity (Wildman–Crippen MR) is 94.6 cm³/mol. The number of nitrogens with zero attached hydrogens (tertiary/aromatic N) is 2. The Labute approximate surface area is 144 Å². The van der Waals surface area contributed by atoms with Gasteiger partial charge in [0.1, 0.15) is 11.4 Å². The van der Waals surface area contributed by atoms with Gasteiger partial charge >= 0.3 is 0 Å². The summed E-state index contributed by atoms with van der Waals surface area (Å²) >= 11 is 5.85. The highest BCUT2D eigenvalue weighted by Gasteiger charge is 2.15. The maximum absolute atomic E-state index is 12.5. The van der Waals surface area contributed by atoms with Crippen LogP contribution in [0.5, 0.6) is 5.75 Å². The van der Waals surface area contributed by atoms with Gasteiger partial charge in [-0.1, -0.05) is 23.7 Å². The Balaban J connectivity index is 1.85. The molecule has 0 fully saturated rings. The second-order valence-electron chi connectivity index (χ2n) is 5.23. The highest BCUT2D eigenvalue weighted by Crippen LogP contribution is 2.24. The van der Waals surface area contributed by atoms with E-state index in [0.717, 1.165) is 11.3 Å². The molecule has 0 radical (unpaired) electrons. The lowest BCUT2D eigenvalue weighted by Gasteiger charge is -2.04. The Morgan fingerprint density at radius 2 is 1.92 bits per heavy atom. The monoisotopic (exact) mass is 341 g/mol. The molecule has 0 unspecified atom stereocenters. The summed E-state index contributed by atoms with van der Waals surface area (Å²) < 4.78 is 6.78. The molecule has 0 bridgehead atoms. The van der Waals surface area contributed by atoms with Crippen molar-refractivity contribution in [3.05, 3.63) is 65.3 Å². The van der Waals surface area contributed by atoms with Crippen molar-refractivity contribution in [1.82, 2.24) is 9.78 Å². The summed E-state index contributed by atoms with van der Waals surface area (Å²) in [5, 5.41) is 7.86. The summed E-state index contributed by atoms with van der Waals surface area (Å²) in [6, 6.07) is 16.2. The third-order valence-corrected chi connectivity index (χ3v) is 3.83. The summed E-state index contributed by atoms with van der Waals surface area (Å²) in [5.74, 6) is 0.506. The number of carbonyl (C=O) groups is 1. The zero-order valence-corrected chi connectivity index (χ0v) is 14.0. The number of aryl methyl sites for hydroxylation is 1. The topological polar surface area (TPSA) is 56.1 Å². The van der Waals surface area contributed by atoms with Gasteiger partial charge < -0.3 is 10.1 Å². The number of rotatable bonds is 4. The van der Waals surface area contributed by atoms with Crippen LogP contribution in [0.15, 0.2) is 54.6 Å². The second kappa shape index (κ2) is 6.76. The van der Waals surface area contributed by atoms with Crippen molar-refractivity contribution >= 4 is 23.2 Å². The van der Waals surface area contributed by atoms with E-state index < -0.39 is 0 Å². The first-order valence-electron chi connectivity index (χ1n) is 7.32. The van der Waals surface area contributed by atoms with E-state index in [-0.39, 0.29) is 5.91 Å². The van der Waals surface area contributed by atoms with E-state index in [0.29, 0.717) is 22.1 Å². The Kier molecular flexibility index (Phi) is 4.53. The van der Waals surface area contributed by atoms with Gasteiger partial charge in [0, 0.05) is 23.3 Å². The van der Waals surface area contributed by atoms with Crippen molar-refractivity contribution < 1.29 is 9.53 Å². The van der Waals surface area contributed by atoms with E-state index in [1.807, 2.05) is 24.3 Å². The van der Waals surface area contributed by atoms with Gasteiger partial charge in [0.2, 0.25) is 0 Å². The molecule has 5 nitrogen and oxygen atoms in total. The van der Waals surface area contributed by atoms with Crippen molar-refractivity contribution in [2.45, 2.75) is 0 Å². The fraction of sp³-hybridized carbons (Fsp3) is 0.111. The molecule has 1 amide bonds. The molecule has 6 heteroatoms. The number of nitrogens with one attached hydrogen (secondary N) is 1. The summed E-state index contributed by atoms with van der Waals surface area (Å²) in [7, 11) is 3.35. The van der Waals surface area contributed by atoms with E-state index in [4.69, 9.17) is 16.3 Å². The third-order valence-electron chi connectivity index (χ3n) is 3.58. The Morgan fingerprint density at radius 1 is 1.17 bits per heavy atom. The van der Waals surface area contributed by atoms with Crippen molar-refractivity contribution in [3.8, 4) is 17.0 Å². The number of hydrogen-bond acceptors (Lipinski definition) is 3. The molecule has 122 valence electrons. The van der Waals surface area contributed by atoms with Crippen molar-refractivity contribution in [1.29, 1.82) is 0 Å². The Hall–Kier alpha value is -2.79. The summed E-state index contributed by atoms with van der Waals surface area (Å²) in [4.78, 5) is 12.5. The minimum absolute atomic E-state index is 0.235. The normalized spacial score (nSPS) is 10.5. The minimum atomic E-state index is -0.235. The molecule has 0 saturated heterocycles. The SMILES string of the molecule is COc1cccc(-c2cc(C(=O)Nc3ccc(Cl)cc3)n(C)n2)c1. The lowest BCUT2D eigenvalue weighted by atomic mass is 10.1. The van der Waals surface area contributed by atoms with E-state index in [1.165, 1.54) is 0 Å². The van der Waals surface area contributed by atoms with Crippen molar-refractivity contribution in [3.63, 3.8) is 0 Å². The number of methoxy groups -OCH3 is 1. The van der Waals surface area contributed by atoms with Crippen LogP contribution in [-0.4, -0.2) is 22.8 Å². The Morgan fingerprint density at radius 3 is 2.62 bits per heavy atom. The zero-order valence-electron chi connectivity index (χ0n) is 13.3. The number of aromatic nitrogens is 2. The van der Waals surface area contributed by atoms with E-state index in [9.17, 15) is 4.79 Å². The molecule has 1 N–H and O–H groups in total. The smallest absolute Gasteiger partial charge is 0.273 e. The fourth-order valence-corrected chi connectivity index (χ4v) is 2.46. The first kappa shape index (κ1) is 16.1. The number of hydrogen-bond donors (Lipinski definition) is 1. The van der Waals surface area contributed by atoms with Crippen molar-refractivity contribution in [2.75, 3.05) is 12.4 Å². The summed E-state index contributed by atoms with van der Waals surface area (Å²) in [6.07, 6.45) is 0. The largest absolute Gasteiger partial charge is 0.497 e. The van der Waals surface area contributed by atoms with Crippen LogP contribution >= 0.6 is 11.6 Å². The molecule has 0 saturated carbocycles. The number of halogens is 1. The average molecular weight is 342 g/mol. The maximum Gasteiger partial charge on any atom is 0.273 e. The quantitative estimate of drug-likeness (QED) is 0.780. The molecule has 0 aliphatic heterocycles. The first-order valence-corrected chi connectivity index (χ1v) is 7.70. The van der Waals surface area contributed by atoms with Crippen LogP contribution in [0.1, 0.15) is 10.5 Å². The molecule has 0 aliphatic rings. The van der Waals surface area contributed by atoms with Gasteiger partial charge in [-0.25, -0.2) is 0 Å². The fourth-order valence-electron chi connectivity index (χ4n) is 2.33. The number of carbonyl (C=O) groups excluding carboxylic acids is 1. The molecule has 0 atom stereocenters. The molecule has 3 rings (SSSR count). The molecular weight excluding hydrogens is 326 g/mol. The highest BCUT2D eigenvalue weighted by molar-refractivity contribution is 6.30. The van der Waals surface area contributed by atoms with Gasteiger partial charge in [-0.05, 0) is 42.5 Å². The lowest BCUT2D eigenvalue weighted by molar-refractivity contribution is 0.101. The molecule has 0 aliphatic carbocycles. The zero-order chi connectivity index (χ0) is 17.1. The van der Waals surface area contributed by atoms with Crippen LogP contribution in [0.25, 0.3) is 11.3 Å². The second-order valence-corrected chi connectivity index (χ2v) is 5.67. The summed E-state index contributed by atoms with van der Waals surface area (Å²) in [5.41, 5.74) is 2.73. The van der Waals surface area contributed by atoms with E-state index in [1.54, 1.807) is 49.2 Å². The van der Waals surface area contributed by atoms with Gasteiger partial charge in [0.05, 0.1) is 12.8 Å². The number of anilines is 1. The van der Waals surface area contributed by atoms with Crippen LogP contribution in [0.3, 0.4) is 0 Å². The van der Waals surface area contributed by atoms with E-state index in [2.05, 4.69) is 10.4 Å². The van der Waals surface area contributed by atoms with Gasteiger partial charge in [0.25, 0.3) is 5.91 Å². The van der Waals surface area contributed by atoms with Crippen LogP contribution in [0.4, 0.5) is 5.69 Å². The van der Waals surface area contributed by atoms with Crippen LogP contribution in [-0.2, 0) is 7.05 Å². The molecule has 24 heavy (non-hydrogen) atoms. The van der Waals surface area contributed by atoms with Gasteiger partial charge in [0.15, 0.2) is 0 Å². The van der Waals surface area contributed by atoms with Crippen LogP contribution in [0.2, 0.25) is 5.02 Å². The maximum atomic E-state index is 12.5. The van der Waals surface area contributed by atoms with Gasteiger partial charge in [-0.3, -0.25) is 9.48 Å².